The van der Waals surface area contributed by atoms with Gasteiger partial charge in [-0.1, -0.05) is 6.07 Å². The molecule has 1 N–H and O–H groups in total. The predicted octanol–water partition coefficient (Wildman–Crippen LogP) is 2.46. The van der Waals surface area contributed by atoms with Crippen LogP contribution in [0.3, 0.4) is 0 Å². The van der Waals surface area contributed by atoms with Gasteiger partial charge in [-0.2, -0.15) is 0 Å². The van der Waals surface area contributed by atoms with Gasteiger partial charge in [0.2, 0.25) is 5.91 Å². The van der Waals surface area contributed by atoms with Crippen LogP contribution < -0.4 is 5.32 Å². The Morgan fingerprint density at radius 3 is 2.96 bits per heavy atom. The average Bonchev–Trinajstić information content (AvgIpc) is 2.98. The van der Waals surface area contributed by atoms with Gasteiger partial charge in [0.25, 0.3) is 5.91 Å². The van der Waals surface area contributed by atoms with Crippen molar-refractivity contribution in [2.75, 3.05) is 13.1 Å². The fourth-order valence-electron chi connectivity index (χ4n) is 4.07. The molecule has 2 amide bonds. The van der Waals surface area contributed by atoms with E-state index in [1.165, 1.54) is 0 Å². The third kappa shape index (κ3) is 3.00. The number of aryl methyl sites for hydroxylation is 2. The van der Waals surface area contributed by atoms with Crippen LogP contribution in [0.15, 0.2) is 35.0 Å². The highest BCUT2D eigenvalue weighted by Crippen LogP contribution is 2.58. The van der Waals surface area contributed by atoms with Crippen LogP contribution in [0.4, 0.5) is 0 Å². The summed E-state index contributed by atoms with van der Waals surface area (Å²) in [7, 11) is 0. The number of nitrogens with zero attached hydrogens (tertiary/aromatic N) is 2. The summed E-state index contributed by atoms with van der Waals surface area (Å²) < 4.78 is 5.48. The average molecular weight is 353 g/mol. The Hall–Kier alpha value is -2.63. The molecule has 0 bridgehead atoms. The van der Waals surface area contributed by atoms with Gasteiger partial charge in [0.15, 0.2) is 0 Å². The lowest BCUT2D eigenvalue weighted by Crippen LogP contribution is -2.31. The molecule has 2 atom stereocenters. The van der Waals surface area contributed by atoms with Crippen LogP contribution in [0.5, 0.6) is 0 Å². The van der Waals surface area contributed by atoms with Crippen molar-refractivity contribution in [3.05, 3.63) is 53.2 Å². The molecular weight excluding hydrogens is 330 g/mol. The number of rotatable bonds is 4. The van der Waals surface area contributed by atoms with E-state index in [1.54, 1.807) is 18.5 Å². The van der Waals surface area contributed by atoms with Crippen LogP contribution in [0, 0.1) is 25.2 Å². The Morgan fingerprint density at radius 1 is 1.42 bits per heavy atom. The number of hydrogen-bond donors (Lipinski definition) is 1. The van der Waals surface area contributed by atoms with E-state index in [0.29, 0.717) is 31.0 Å². The number of aromatic nitrogens is 1. The van der Waals surface area contributed by atoms with E-state index < -0.39 is 0 Å². The van der Waals surface area contributed by atoms with Gasteiger partial charge in [-0.15, -0.1) is 0 Å². The molecule has 2 aromatic rings. The van der Waals surface area contributed by atoms with Crippen molar-refractivity contribution in [2.45, 2.75) is 33.2 Å². The second-order valence-electron chi connectivity index (χ2n) is 7.50. The van der Waals surface area contributed by atoms with Gasteiger partial charge in [-0.3, -0.25) is 14.6 Å². The highest BCUT2D eigenvalue weighted by molar-refractivity contribution is 5.95. The second kappa shape index (κ2) is 6.27. The first kappa shape index (κ1) is 16.8. The molecule has 4 rings (SSSR count). The highest BCUT2D eigenvalue weighted by Gasteiger charge is 2.61. The van der Waals surface area contributed by atoms with Gasteiger partial charge in [-0.05, 0) is 44.4 Å². The quantitative estimate of drug-likeness (QED) is 0.916. The van der Waals surface area contributed by atoms with Crippen molar-refractivity contribution in [3.8, 4) is 0 Å². The molecule has 2 unspecified atom stereocenters. The number of nitrogens with one attached hydrogen (secondary N) is 1. The topological polar surface area (TPSA) is 75.4 Å². The number of carbonyl (C=O) groups excluding carboxylic acids is 2. The Morgan fingerprint density at radius 2 is 2.27 bits per heavy atom. The standard InChI is InChI=1S/C20H23N3O3/c1-13-8-16(14(2)26-13)19(25)23-7-5-20(12-23)9-17(20)18(24)22-11-15-4-3-6-21-10-15/h3-4,6,8,10,17H,5,7,9,11-12H2,1-2H3,(H,22,24). The molecule has 1 aliphatic heterocycles. The normalized spacial score (nSPS) is 24.1. The number of hydrogen-bond acceptors (Lipinski definition) is 4. The van der Waals surface area contributed by atoms with Gasteiger partial charge in [0, 0.05) is 43.4 Å². The minimum atomic E-state index is -0.0403. The van der Waals surface area contributed by atoms with Crippen molar-refractivity contribution in [2.24, 2.45) is 11.3 Å². The Bertz CT molecular complexity index is 845. The van der Waals surface area contributed by atoms with Gasteiger partial charge in [0.05, 0.1) is 5.56 Å². The Labute approximate surface area is 152 Å². The summed E-state index contributed by atoms with van der Waals surface area (Å²) in [5, 5.41) is 3.00. The molecule has 2 fully saturated rings. The predicted molar refractivity (Wildman–Crippen MR) is 95.3 cm³/mol. The van der Waals surface area contributed by atoms with Crippen molar-refractivity contribution in [1.82, 2.24) is 15.2 Å². The Balaban J connectivity index is 1.35. The molecule has 6 heteroatoms. The summed E-state index contributed by atoms with van der Waals surface area (Å²) in [5.41, 5.74) is 1.59. The summed E-state index contributed by atoms with van der Waals surface area (Å²) in [6, 6.07) is 5.61. The van der Waals surface area contributed by atoms with Crippen LogP contribution in [0.25, 0.3) is 0 Å². The maximum absolute atomic E-state index is 12.7. The molecule has 1 saturated heterocycles. The van der Waals surface area contributed by atoms with Crippen LogP contribution >= 0.6 is 0 Å². The Kier molecular flexibility index (Phi) is 4.05. The molecule has 6 nitrogen and oxygen atoms in total. The molecule has 26 heavy (non-hydrogen) atoms. The zero-order valence-corrected chi connectivity index (χ0v) is 15.1. The van der Waals surface area contributed by atoms with E-state index in [0.717, 1.165) is 24.2 Å². The molecule has 3 heterocycles. The van der Waals surface area contributed by atoms with Crippen molar-refractivity contribution in [1.29, 1.82) is 0 Å². The number of pyridine rings is 1. The molecule has 0 radical (unpaired) electrons. The monoisotopic (exact) mass is 353 g/mol. The van der Waals surface area contributed by atoms with Crippen molar-refractivity contribution in [3.63, 3.8) is 0 Å². The third-order valence-electron chi connectivity index (χ3n) is 5.64. The summed E-state index contributed by atoms with van der Waals surface area (Å²) in [5.74, 6) is 1.51. The SMILES string of the molecule is Cc1cc(C(=O)N2CCC3(CC3C(=O)NCc3cccnc3)C2)c(C)o1. The molecule has 0 aromatic carbocycles. The molecular formula is C20H23N3O3. The van der Waals surface area contributed by atoms with Gasteiger partial charge in [0.1, 0.15) is 11.5 Å². The van der Waals surface area contributed by atoms with Crippen LogP contribution in [0.2, 0.25) is 0 Å². The lowest BCUT2D eigenvalue weighted by molar-refractivity contribution is -0.123. The summed E-state index contributed by atoms with van der Waals surface area (Å²) in [6.45, 7) is 5.52. The highest BCUT2D eigenvalue weighted by atomic mass is 16.3. The van der Waals surface area contributed by atoms with Crippen LogP contribution in [0.1, 0.15) is 40.3 Å². The number of amides is 2. The van der Waals surface area contributed by atoms with Crippen LogP contribution in [-0.4, -0.2) is 34.8 Å². The van der Waals surface area contributed by atoms with E-state index in [4.69, 9.17) is 4.42 Å². The first-order chi connectivity index (χ1) is 12.5. The van der Waals surface area contributed by atoms with E-state index >= 15 is 0 Å². The summed E-state index contributed by atoms with van der Waals surface area (Å²) >= 11 is 0. The van der Waals surface area contributed by atoms with E-state index in [-0.39, 0.29) is 23.1 Å². The van der Waals surface area contributed by atoms with Crippen LogP contribution in [-0.2, 0) is 11.3 Å². The lowest BCUT2D eigenvalue weighted by Gasteiger charge is -2.16. The largest absolute Gasteiger partial charge is 0.466 e. The minimum Gasteiger partial charge on any atom is -0.466 e. The molecule has 136 valence electrons. The maximum atomic E-state index is 12.7. The van der Waals surface area contributed by atoms with E-state index in [2.05, 4.69) is 10.3 Å². The summed E-state index contributed by atoms with van der Waals surface area (Å²) in [6.07, 6.45) is 5.22. The van der Waals surface area contributed by atoms with E-state index in [1.807, 2.05) is 30.9 Å². The first-order valence-electron chi connectivity index (χ1n) is 9.01. The zero-order valence-electron chi connectivity index (χ0n) is 15.1. The van der Waals surface area contributed by atoms with Crippen molar-refractivity contribution >= 4 is 11.8 Å². The zero-order chi connectivity index (χ0) is 18.3. The minimum absolute atomic E-state index is 0.00385. The molecule has 2 aliphatic rings. The third-order valence-corrected chi connectivity index (χ3v) is 5.64. The smallest absolute Gasteiger partial charge is 0.257 e. The fourth-order valence-corrected chi connectivity index (χ4v) is 4.07. The molecule has 2 aromatic heterocycles. The van der Waals surface area contributed by atoms with Gasteiger partial charge in [-0.25, -0.2) is 0 Å². The number of likely N-dealkylation sites (tertiary alicyclic amines) is 1. The number of furan rings is 1. The second-order valence-corrected chi connectivity index (χ2v) is 7.50. The van der Waals surface area contributed by atoms with Gasteiger partial charge < -0.3 is 14.6 Å². The molecule has 1 saturated carbocycles. The van der Waals surface area contributed by atoms with E-state index in [9.17, 15) is 9.59 Å². The van der Waals surface area contributed by atoms with Crippen molar-refractivity contribution < 1.29 is 14.0 Å². The molecule has 1 spiro atoms. The lowest BCUT2D eigenvalue weighted by atomic mass is 10.0. The maximum Gasteiger partial charge on any atom is 0.257 e. The van der Waals surface area contributed by atoms with Gasteiger partial charge >= 0.3 is 0 Å². The number of carbonyl (C=O) groups is 2. The summed E-state index contributed by atoms with van der Waals surface area (Å²) in [4.78, 5) is 31.2. The molecule has 1 aliphatic carbocycles. The fraction of sp³-hybridized carbons (Fsp3) is 0.450. The first-order valence-corrected chi connectivity index (χ1v) is 9.01.